The summed E-state index contributed by atoms with van der Waals surface area (Å²) in [5.74, 6) is -0.117. The summed E-state index contributed by atoms with van der Waals surface area (Å²) < 4.78 is 1.13. The lowest BCUT2D eigenvalue weighted by Gasteiger charge is -2.33. The Bertz CT molecular complexity index is 878. The Morgan fingerprint density at radius 2 is 1.92 bits per heavy atom. The SMILES string of the molecule is CCn1c(=O)[nH]c2cc(C(=O)N3CCN(OC)CC3)ccc2c1=O. The third kappa shape index (κ3) is 2.85. The maximum atomic E-state index is 12.6. The standard InChI is InChI=1S/C16H20N4O4/c1-3-20-15(22)12-5-4-11(10-13(12)17-16(20)23)14(21)18-6-8-19(24-2)9-7-18/h4-5,10H,3,6-9H2,1-2H3,(H,17,23). The number of piperazine rings is 1. The number of hydrogen-bond acceptors (Lipinski definition) is 5. The zero-order chi connectivity index (χ0) is 17.3. The maximum absolute atomic E-state index is 12.6. The van der Waals surface area contributed by atoms with Crippen LogP contribution in [0.25, 0.3) is 10.9 Å². The Morgan fingerprint density at radius 3 is 2.54 bits per heavy atom. The van der Waals surface area contributed by atoms with Crippen molar-refractivity contribution in [1.82, 2.24) is 19.5 Å². The van der Waals surface area contributed by atoms with E-state index in [2.05, 4.69) is 4.98 Å². The molecule has 0 spiro atoms. The third-order valence-electron chi connectivity index (χ3n) is 4.33. The number of benzene rings is 1. The van der Waals surface area contributed by atoms with Gasteiger partial charge in [0.1, 0.15) is 0 Å². The minimum Gasteiger partial charge on any atom is -0.336 e. The number of fused-ring (bicyclic) bond motifs is 1. The van der Waals surface area contributed by atoms with E-state index in [1.165, 1.54) is 0 Å². The number of nitrogens with one attached hydrogen (secondary N) is 1. The Labute approximate surface area is 138 Å². The lowest BCUT2D eigenvalue weighted by molar-refractivity contribution is -0.147. The van der Waals surface area contributed by atoms with Gasteiger partial charge in [0.15, 0.2) is 0 Å². The second-order valence-electron chi connectivity index (χ2n) is 5.64. The van der Waals surface area contributed by atoms with Crippen molar-refractivity contribution in [2.75, 3.05) is 33.3 Å². The number of hydroxylamine groups is 2. The highest BCUT2D eigenvalue weighted by Gasteiger charge is 2.22. The van der Waals surface area contributed by atoms with Gasteiger partial charge in [-0.2, -0.15) is 5.06 Å². The number of carbonyl (C=O) groups excluding carboxylic acids is 1. The maximum Gasteiger partial charge on any atom is 0.328 e. The lowest BCUT2D eigenvalue weighted by atomic mass is 10.1. The molecule has 2 aromatic rings. The summed E-state index contributed by atoms with van der Waals surface area (Å²) in [5.41, 5.74) is 0.0333. The van der Waals surface area contributed by atoms with Crippen LogP contribution in [0.4, 0.5) is 0 Å². The molecule has 0 aliphatic carbocycles. The quantitative estimate of drug-likeness (QED) is 0.857. The zero-order valence-corrected chi connectivity index (χ0v) is 13.7. The topological polar surface area (TPSA) is 87.6 Å². The van der Waals surface area contributed by atoms with E-state index in [4.69, 9.17) is 4.84 Å². The number of carbonyl (C=O) groups is 1. The van der Waals surface area contributed by atoms with Crippen LogP contribution in [0.3, 0.4) is 0 Å². The van der Waals surface area contributed by atoms with Crippen molar-refractivity contribution in [2.45, 2.75) is 13.5 Å². The van der Waals surface area contributed by atoms with Crippen molar-refractivity contribution >= 4 is 16.8 Å². The van der Waals surface area contributed by atoms with Crippen LogP contribution < -0.4 is 11.2 Å². The van der Waals surface area contributed by atoms with Crippen LogP contribution in [-0.2, 0) is 11.4 Å². The summed E-state index contributed by atoms with van der Waals surface area (Å²) in [6, 6.07) is 4.80. The van der Waals surface area contributed by atoms with Crippen molar-refractivity contribution in [3.63, 3.8) is 0 Å². The molecule has 0 atom stereocenters. The van der Waals surface area contributed by atoms with Gasteiger partial charge in [-0.05, 0) is 25.1 Å². The molecule has 1 aromatic carbocycles. The molecule has 1 aliphatic heterocycles. The van der Waals surface area contributed by atoms with Gasteiger partial charge in [0.25, 0.3) is 11.5 Å². The van der Waals surface area contributed by atoms with Gasteiger partial charge in [-0.25, -0.2) is 4.79 Å². The largest absolute Gasteiger partial charge is 0.336 e. The fourth-order valence-corrected chi connectivity index (χ4v) is 2.93. The number of aromatic amines is 1. The van der Waals surface area contributed by atoms with Crippen molar-refractivity contribution in [3.05, 3.63) is 44.6 Å². The van der Waals surface area contributed by atoms with Crippen LogP contribution in [0.2, 0.25) is 0 Å². The summed E-state index contributed by atoms with van der Waals surface area (Å²) >= 11 is 0. The Morgan fingerprint density at radius 1 is 1.21 bits per heavy atom. The van der Waals surface area contributed by atoms with E-state index in [1.54, 1.807) is 42.2 Å². The molecule has 24 heavy (non-hydrogen) atoms. The Hall–Kier alpha value is -2.45. The molecule has 2 heterocycles. The fraction of sp³-hybridized carbons (Fsp3) is 0.438. The van der Waals surface area contributed by atoms with E-state index in [9.17, 15) is 14.4 Å². The molecule has 1 N–H and O–H groups in total. The van der Waals surface area contributed by atoms with E-state index in [0.29, 0.717) is 49.2 Å². The summed E-state index contributed by atoms with van der Waals surface area (Å²) in [6.07, 6.45) is 0. The van der Waals surface area contributed by atoms with Crippen molar-refractivity contribution in [1.29, 1.82) is 0 Å². The van der Waals surface area contributed by atoms with E-state index in [0.717, 1.165) is 4.57 Å². The zero-order valence-electron chi connectivity index (χ0n) is 13.7. The predicted octanol–water partition coefficient (Wildman–Crippen LogP) is 0.0289. The first-order chi connectivity index (χ1) is 11.5. The minimum absolute atomic E-state index is 0.117. The van der Waals surface area contributed by atoms with Gasteiger partial charge in [-0.15, -0.1) is 0 Å². The van der Waals surface area contributed by atoms with E-state index >= 15 is 0 Å². The van der Waals surface area contributed by atoms with Gasteiger partial charge >= 0.3 is 5.69 Å². The molecular formula is C16H20N4O4. The summed E-state index contributed by atoms with van der Waals surface area (Å²) in [7, 11) is 1.61. The van der Waals surface area contributed by atoms with Gasteiger partial charge in [0, 0.05) is 38.3 Å². The smallest absolute Gasteiger partial charge is 0.328 e. The van der Waals surface area contributed by atoms with Crippen LogP contribution in [-0.4, -0.2) is 58.7 Å². The first kappa shape index (κ1) is 16.4. The van der Waals surface area contributed by atoms with Crippen molar-refractivity contribution in [3.8, 4) is 0 Å². The average molecular weight is 332 g/mol. The number of rotatable bonds is 3. The van der Waals surface area contributed by atoms with Crippen LogP contribution >= 0.6 is 0 Å². The van der Waals surface area contributed by atoms with Crippen LogP contribution in [0.5, 0.6) is 0 Å². The number of nitrogens with zero attached hydrogens (tertiary/aromatic N) is 3. The Balaban J connectivity index is 1.92. The highest BCUT2D eigenvalue weighted by Crippen LogP contribution is 2.13. The monoisotopic (exact) mass is 332 g/mol. The van der Waals surface area contributed by atoms with Gasteiger partial charge in [0.05, 0.1) is 18.0 Å². The molecule has 1 saturated heterocycles. The first-order valence-corrected chi connectivity index (χ1v) is 7.90. The molecule has 0 unspecified atom stereocenters. The van der Waals surface area contributed by atoms with Crippen molar-refractivity contribution in [2.24, 2.45) is 0 Å². The number of H-pyrrole nitrogens is 1. The van der Waals surface area contributed by atoms with Crippen LogP contribution in [0.1, 0.15) is 17.3 Å². The Kier molecular flexibility index (Phi) is 4.50. The molecule has 8 nitrogen and oxygen atoms in total. The summed E-state index contributed by atoms with van der Waals surface area (Å²) in [6.45, 7) is 4.47. The molecule has 0 bridgehead atoms. The fourth-order valence-electron chi connectivity index (χ4n) is 2.93. The van der Waals surface area contributed by atoms with E-state index in [1.807, 2.05) is 0 Å². The highest BCUT2D eigenvalue weighted by molar-refractivity contribution is 5.97. The first-order valence-electron chi connectivity index (χ1n) is 7.90. The molecule has 128 valence electrons. The normalized spacial score (nSPS) is 15.8. The molecule has 3 rings (SSSR count). The van der Waals surface area contributed by atoms with Crippen LogP contribution in [0, 0.1) is 0 Å². The van der Waals surface area contributed by atoms with E-state index < -0.39 is 5.69 Å². The average Bonchev–Trinajstić information content (AvgIpc) is 2.61. The lowest BCUT2D eigenvalue weighted by Crippen LogP contribution is -2.48. The molecule has 8 heteroatoms. The molecule has 1 aliphatic rings. The van der Waals surface area contributed by atoms with Gasteiger partial charge in [-0.3, -0.25) is 14.2 Å². The second kappa shape index (κ2) is 6.58. The summed E-state index contributed by atoms with van der Waals surface area (Å²) in [4.78, 5) is 46.4. The molecule has 1 amide bonds. The molecule has 0 saturated carbocycles. The molecule has 1 fully saturated rings. The second-order valence-corrected chi connectivity index (χ2v) is 5.64. The van der Waals surface area contributed by atoms with Gasteiger partial charge in [-0.1, -0.05) is 0 Å². The molecular weight excluding hydrogens is 312 g/mol. The van der Waals surface area contributed by atoms with Gasteiger partial charge < -0.3 is 14.7 Å². The molecule has 1 aromatic heterocycles. The van der Waals surface area contributed by atoms with E-state index in [-0.39, 0.29) is 11.5 Å². The van der Waals surface area contributed by atoms with Crippen molar-refractivity contribution < 1.29 is 9.63 Å². The van der Waals surface area contributed by atoms with Crippen LogP contribution in [0.15, 0.2) is 27.8 Å². The minimum atomic E-state index is -0.465. The number of hydrogen-bond donors (Lipinski definition) is 1. The van der Waals surface area contributed by atoms with Gasteiger partial charge in [0.2, 0.25) is 0 Å². The summed E-state index contributed by atoms with van der Waals surface area (Å²) in [5, 5.41) is 2.20. The number of amides is 1. The third-order valence-corrected chi connectivity index (χ3v) is 4.33. The highest BCUT2D eigenvalue weighted by atomic mass is 16.7. The molecule has 0 radical (unpaired) electrons. The predicted molar refractivity (Wildman–Crippen MR) is 89.0 cm³/mol. The number of aromatic nitrogens is 2.